The summed E-state index contributed by atoms with van der Waals surface area (Å²) in [5, 5.41) is 31.0. The summed E-state index contributed by atoms with van der Waals surface area (Å²) < 4.78 is 22.2. The van der Waals surface area contributed by atoms with E-state index in [1.54, 1.807) is 13.8 Å². The molecule has 1 aromatic carbocycles. The van der Waals surface area contributed by atoms with Crippen molar-refractivity contribution in [3.05, 3.63) is 47.5 Å². The molecular formula is C33H50O9. The molecule has 42 heavy (non-hydrogen) atoms. The number of ether oxygens (including phenoxy) is 4. The van der Waals surface area contributed by atoms with Gasteiger partial charge in [0.05, 0.1) is 43.7 Å². The number of aliphatic hydroxyl groups is 3. The minimum atomic E-state index is -1.06. The Morgan fingerprint density at radius 1 is 0.976 bits per heavy atom. The second-order valence-corrected chi connectivity index (χ2v) is 12.0. The Kier molecular flexibility index (Phi) is 14.4. The summed E-state index contributed by atoms with van der Waals surface area (Å²) in [7, 11) is 0. The summed E-state index contributed by atoms with van der Waals surface area (Å²) in [5.74, 6) is -0.820. The van der Waals surface area contributed by atoms with E-state index in [0.29, 0.717) is 44.7 Å². The molecule has 0 aliphatic carbocycles. The van der Waals surface area contributed by atoms with Gasteiger partial charge >= 0.3 is 11.9 Å². The van der Waals surface area contributed by atoms with Gasteiger partial charge < -0.3 is 34.3 Å². The van der Waals surface area contributed by atoms with E-state index >= 15 is 0 Å². The summed E-state index contributed by atoms with van der Waals surface area (Å²) in [4.78, 5) is 24.1. The van der Waals surface area contributed by atoms with Crippen LogP contribution in [0.1, 0.15) is 84.1 Å². The van der Waals surface area contributed by atoms with Crippen molar-refractivity contribution in [2.45, 2.75) is 122 Å². The van der Waals surface area contributed by atoms with Gasteiger partial charge in [0.15, 0.2) is 0 Å². The predicted molar refractivity (Wildman–Crippen MR) is 157 cm³/mol. The molecule has 3 rings (SSSR count). The summed E-state index contributed by atoms with van der Waals surface area (Å²) in [5.41, 5.74) is 1.70. The zero-order chi connectivity index (χ0) is 30.5. The van der Waals surface area contributed by atoms with Gasteiger partial charge in [-0.3, -0.25) is 4.79 Å². The first-order chi connectivity index (χ1) is 20.2. The number of unbranched alkanes of at least 4 members (excludes halogenated alkanes) is 5. The lowest BCUT2D eigenvalue weighted by molar-refractivity contribution is -0.165. The molecule has 0 saturated carbocycles. The Morgan fingerprint density at radius 2 is 1.67 bits per heavy atom. The number of epoxide rings is 1. The zero-order valence-electron chi connectivity index (χ0n) is 25.4. The van der Waals surface area contributed by atoms with Crippen molar-refractivity contribution in [2.24, 2.45) is 11.8 Å². The van der Waals surface area contributed by atoms with Crippen molar-refractivity contribution in [1.82, 2.24) is 0 Å². The fourth-order valence-corrected chi connectivity index (χ4v) is 5.39. The van der Waals surface area contributed by atoms with Crippen molar-refractivity contribution < 1.29 is 43.9 Å². The van der Waals surface area contributed by atoms with Gasteiger partial charge in [0.2, 0.25) is 0 Å². The minimum Gasteiger partial charge on any atom is -0.463 e. The van der Waals surface area contributed by atoms with Crippen LogP contribution in [0.25, 0.3) is 0 Å². The topological polar surface area (TPSA) is 135 Å². The Hall–Kier alpha value is -2.30. The number of aliphatic hydroxyl groups excluding tert-OH is 3. The van der Waals surface area contributed by atoms with E-state index in [-0.39, 0.29) is 30.0 Å². The van der Waals surface area contributed by atoms with Crippen LogP contribution < -0.4 is 0 Å². The second-order valence-electron chi connectivity index (χ2n) is 12.0. The number of hydrogen-bond acceptors (Lipinski definition) is 9. The molecule has 0 radical (unpaired) electrons. The van der Waals surface area contributed by atoms with Crippen LogP contribution in [0, 0.1) is 11.8 Å². The SMILES string of the molecule is C/C(=C\C(=O)OCCCCCCCCC(=O)OCc1ccccc1)C[C@@H]1OC[C@H](C[C@@H]2OC2[C@@H](C)[C@H](C)O)[C@@H](O)[C@H]1O. The number of benzene rings is 1. The minimum absolute atomic E-state index is 0.0153. The van der Waals surface area contributed by atoms with E-state index in [0.717, 1.165) is 44.1 Å². The highest BCUT2D eigenvalue weighted by molar-refractivity contribution is 5.82. The van der Waals surface area contributed by atoms with Crippen molar-refractivity contribution in [2.75, 3.05) is 13.2 Å². The van der Waals surface area contributed by atoms with Crippen molar-refractivity contribution in [3.63, 3.8) is 0 Å². The van der Waals surface area contributed by atoms with Crippen molar-refractivity contribution in [1.29, 1.82) is 0 Å². The van der Waals surface area contributed by atoms with Gasteiger partial charge in [-0.25, -0.2) is 4.79 Å². The lowest BCUT2D eigenvalue weighted by Gasteiger charge is -2.38. The van der Waals surface area contributed by atoms with E-state index < -0.39 is 30.4 Å². The standard InChI is InChI=1S/C33H50O9/c1-22(17-27-32(38)31(37)26(21-40-27)19-28-33(42-28)23(2)24(3)34)18-30(36)39-16-12-7-5-4-6-11-15-29(35)41-20-25-13-9-8-10-14-25/h8-10,13-14,18,23-24,26-28,31-34,37-38H,4-7,11-12,15-17,19-21H2,1-3H3/b22-18+/t23-,24-,26-,27-,28-,31+,32-,33?/m0/s1. The second kappa shape index (κ2) is 17.7. The molecule has 0 amide bonds. The quantitative estimate of drug-likeness (QED) is 0.0992. The predicted octanol–water partition coefficient (Wildman–Crippen LogP) is 4.25. The first-order valence-corrected chi connectivity index (χ1v) is 15.5. The fourth-order valence-electron chi connectivity index (χ4n) is 5.39. The highest BCUT2D eigenvalue weighted by Gasteiger charge is 2.48. The Morgan fingerprint density at radius 3 is 2.38 bits per heavy atom. The Labute approximate surface area is 250 Å². The number of esters is 2. The van der Waals surface area contributed by atoms with E-state index in [9.17, 15) is 24.9 Å². The number of carbonyl (C=O) groups excluding carboxylic acids is 2. The van der Waals surface area contributed by atoms with Gasteiger partial charge in [-0.1, -0.05) is 68.5 Å². The maximum Gasteiger partial charge on any atom is 0.330 e. The van der Waals surface area contributed by atoms with Gasteiger partial charge in [0.1, 0.15) is 12.7 Å². The molecule has 1 unspecified atom stereocenters. The van der Waals surface area contributed by atoms with Gasteiger partial charge in [-0.05, 0) is 45.1 Å². The molecule has 0 bridgehead atoms. The molecule has 0 spiro atoms. The maximum atomic E-state index is 12.2. The average Bonchev–Trinajstić information content (AvgIpc) is 3.74. The van der Waals surface area contributed by atoms with E-state index in [1.807, 2.05) is 37.3 Å². The first-order valence-electron chi connectivity index (χ1n) is 15.5. The molecule has 2 fully saturated rings. The lowest BCUT2D eigenvalue weighted by Crippen LogP contribution is -2.50. The van der Waals surface area contributed by atoms with Gasteiger partial charge in [0, 0.05) is 24.3 Å². The van der Waals surface area contributed by atoms with E-state index in [4.69, 9.17) is 18.9 Å². The van der Waals surface area contributed by atoms with Crippen LogP contribution in [0.4, 0.5) is 0 Å². The highest BCUT2D eigenvalue weighted by Crippen LogP contribution is 2.38. The largest absolute Gasteiger partial charge is 0.463 e. The van der Waals surface area contributed by atoms with E-state index in [1.165, 1.54) is 6.08 Å². The summed E-state index contributed by atoms with van der Waals surface area (Å²) in [6.07, 6.45) is 5.12. The van der Waals surface area contributed by atoms with E-state index in [2.05, 4.69) is 0 Å². The molecule has 2 saturated heterocycles. The van der Waals surface area contributed by atoms with Crippen LogP contribution in [0.15, 0.2) is 42.0 Å². The van der Waals surface area contributed by atoms with Gasteiger partial charge in [-0.15, -0.1) is 0 Å². The summed E-state index contributed by atoms with van der Waals surface area (Å²) in [6.45, 7) is 6.42. The van der Waals surface area contributed by atoms with Crippen LogP contribution in [0.5, 0.6) is 0 Å². The third-order valence-corrected chi connectivity index (χ3v) is 8.32. The molecule has 2 aliphatic rings. The Balaban J connectivity index is 1.20. The monoisotopic (exact) mass is 590 g/mol. The molecule has 8 atom stereocenters. The fraction of sp³-hybridized carbons (Fsp3) is 0.697. The normalized spacial score (nSPS) is 27.2. The molecular weight excluding hydrogens is 540 g/mol. The van der Waals surface area contributed by atoms with Crippen LogP contribution in [0.2, 0.25) is 0 Å². The smallest absolute Gasteiger partial charge is 0.330 e. The Bertz CT molecular complexity index is 979. The zero-order valence-corrected chi connectivity index (χ0v) is 25.4. The van der Waals surface area contributed by atoms with Crippen LogP contribution >= 0.6 is 0 Å². The molecule has 2 aliphatic heterocycles. The van der Waals surface area contributed by atoms with Crippen molar-refractivity contribution >= 4 is 11.9 Å². The maximum absolute atomic E-state index is 12.2. The number of hydrogen-bond donors (Lipinski definition) is 3. The highest BCUT2D eigenvalue weighted by atomic mass is 16.6. The third kappa shape index (κ3) is 11.8. The van der Waals surface area contributed by atoms with Crippen LogP contribution in [-0.2, 0) is 35.1 Å². The van der Waals surface area contributed by atoms with Gasteiger partial charge in [0.25, 0.3) is 0 Å². The summed E-state index contributed by atoms with van der Waals surface area (Å²) >= 11 is 0. The molecule has 2 heterocycles. The van der Waals surface area contributed by atoms with Crippen LogP contribution in [-0.4, -0.2) is 77.1 Å². The van der Waals surface area contributed by atoms with Crippen molar-refractivity contribution in [3.8, 4) is 0 Å². The average molecular weight is 591 g/mol. The molecule has 236 valence electrons. The number of carbonyl (C=O) groups is 2. The summed E-state index contributed by atoms with van der Waals surface area (Å²) in [6, 6.07) is 9.64. The molecule has 1 aromatic rings. The first kappa shape index (κ1) is 34.2. The molecule has 9 nitrogen and oxygen atoms in total. The third-order valence-electron chi connectivity index (χ3n) is 8.32. The lowest BCUT2D eigenvalue weighted by atomic mass is 9.85. The molecule has 0 aromatic heterocycles. The molecule has 3 N–H and O–H groups in total. The van der Waals surface area contributed by atoms with Crippen LogP contribution in [0.3, 0.4) is 0 Å². The number of rotatable bonds is 18. The molecule has 9 heteroatoms. The van der Waals surface area contributed by atoms with Gasteiger partial charge in [-0.2, -0.15) is 0 Å².